The molecule has 0 spiro atoms. The van der Waals surface area contributed by atoms with Crippen molar-refractivity contribution < 1.29 is 9.53 Å². The Morgan fingerprint density at radius 1 is 1.54 bits per heavy atom. The van der Waals surface area contributed by atoms with Gasteiger partial charge in [0.15, 0.2) is 6.73 Å². The van der Waals surface area contributed by atoms with Gasteiger partial charge in [-0.3, -0.25) is 0 Å². The summed E-state index contributed by atoms with van der Waals surface area (Å²) in [6.45, 7) is 1.09. The van der Waals surface area contributed by atoms with E-state index in [9.17, 15) is 4.79 Å². The second-order valence-corrected chi connectivity index (χ2v) is 2.97. The van der Waals surface area contributed by atoms with Crippen LogP contribution in [0.5, 0.6) is 0 Å². The van der Waals surface area contributed by atoms with Crippen LogP contribution in [0.1, 0.15) is 0 Å². The van der Waals surface area contributed by atoms with Crippen molar-refractivity contribution >= 4 is 6.09 Å². The van der Waals surface area contributed by atoms with Gasteiger partial charge in [-0.05, 0) is 6.08 Å². The Hall–Kier alpha value is -1.45. The van der Waals surface area contributed by atoms with Crippen LogP contribution in [0.2, 0.25) is 0 Å². The van der Waals surface area contributed by atoms with E-state index >= 15 is 0 Å². The molecule has 0 aliphatic carbocycles. The monoisotopic (exact) mass is 182 g/mol. The highest BCUT2D eigenvalue weighted by Gasteiger charge is 2.06. The maximum atomic E-state index is 11.0. The predicted octanol–water partition coefficient (Wildman–Crippen LogP) is 1.03. The molecule has 0 N–H and O–H groups in total. The first-order chi connectivity index (χ1) is 6.20. The van der Waals surface area contributed by atoms with Crippen LogP contribution < -0.4 is 0 Å². The van der Waals surface area contributed by atoms with Crippen molar-refractivity contribution in [2.75, 3.05) is 27.4 Å². The normalized spacial score (nSPS) is 14.5. The second-order valence-electron chi connectivity index (χ2n) is 2.97. The molecule has 0 aromatic carbocycles. The Bertz CT molecular complexity index is 234. The Kier molecular flexibility index (Phi) is 3.37. The van der Waals surface area contributed by atoms with Crippen LogP contribution >= 0.6 is 0 Å². The summed E-state index contributed by atoms with van der Waals surface area (Å²) in [7, 11) is 3.32. The fourth-order valence-electron chi connectivity index (χ4n) is 0.870. The number of carbonyl (C=O) groups is 1. The van der Waals surface area contributed by atoms with Crippen LogP contribution in [-0.2, 0) is 4.74 Å². The molecule has 0 unspecified atom stereocenters. The summed E-state index contributed by atoms with van der Waals surface area (Å²) >= 11 is 0. The van der Waals surface area contributed by atoms with Crippen LogP contribution in [0, 0.1) is 0 Å². The predicted molar refractivity (Wildman–Crippen MR) is 50.0 cm³/mol. The van der Waals surface area contributed by atoms with Gasteiger partial charge >= 0.3 is 6.09 Å². The number of carbonyl (C=O) groups excluding carboxylic acids is 1. The number of rotatable bonds is 2. The molecule has 1 heterocycles. The number of nitrogens with zero attached hydrogens (tertiary/aromatic N) is 2. The largest absolute Gasteiger partial charge is 0.428 e. The maximum absolute atomic E-state index is 11.0. The summed E-state index contributed by atoms with van der Waals surface area (Å²) in [4.78, 5) is 14.3. The number of ether oxygens (including phenoxy) is 1. The lowest BCUT2D eigenvalue weighted by atomic mass is 10.4. The minimum atomic E-state index is -0.317. The molecule has 0 bridgehead atoms. The zero-order chi connectivity index (χ0) is 9.68. The molecule has 4 heteroatoms. The first-order valence-electron chi connectivity index (χ1n) is 4.11. The van der Waals surface area contributed by atoms with Gasteiger partial charge in [-0.25, -0.2) is 4.79 Å². The van der Waals surface area contributed by atoms with Crippen molar-refractivity contribution in [1.29, 1.82) is 0 Å². The van der Waals surface area contributed by atoms with Crippen molar-refractivity contribution in [3.63, 3.8) is 0 Å². The van der Waals surface area contributed by atoms with Crippen LogP contribution in [0.4, 0.5) is 4.79 Å². The molecule has 13 heavy (non-hydrogen) atoms. The highest BCUT2D eigenvalue weighted by atomic mass is 16.6. The third-order valence-corrected chi connectivity index (χ3v) is 1.60. The molecule has 4 nitrogen and oxygen atoms in total. The van der Waals surface area contributed by atoms with Crippen LogP contribution in [0.3, 0.4) is 0 Å². The SMILES string of the molecule is CN(C)C(=O)OCN1C=CC=CC1. The number of allylic oxidation sites excluding steroid dienone is 2. The minimum Gasteiger partial charge on any atom is -0.428 e. The topological polar surface area (TPSA) is 32.8 Å². The molecule has 1 aliphatic heterocycles. The average molecular weight is 182 g/mol. The summed E-state index contributed by atoms with van der Waals surface area (Å²) < 4.78 is 4.97. The van der Waals surface area contributed by atoms with E-state index in [0.29, 0.717) is 6.73 Å². The highest BCUT2D eigenvalue weighted by Crippen LogP contribution is 1.98. The van der Waals surface area contributed by atoms with Gasteiger partial charge in [0.1, 0.15) is 0 Å². The molecule has 0 radical (unpaired) electrons. The van der Waals surface area contributed by atoms with Crippen molar-refractivity contribution in [1.82, 2.24) is 9.80 Å². The van der Waals surface area contributed by atoms with Gasteiger partial charge < -0.3 is 14.5 Å². The van der Waals surface area contributed by atoms with E-state index in [4.69, 9.17) is 4.74 Å². The molecule has 0 fully saturated rings. The van der Waals surface area contributed by atoms with Gasteiger partial charge in [0.05, 0.1) is 0 Å². The molecule has 1 aliphatic rings. The third-order valence-electron chi connectivity index (χ3n) is 1.60. The van der Waals surface area contributed by atoms with Crippen molar-refractivity contribution in [3.05, 3.63) is 24.4 Å². The standard InChI is InChI=1S/C9H14N2O2/c1-10(2)9(12)13-8-11-6-4-3-5-7-11/h3-6H,7-8H2,1-2H3. The lowest BCUT2D eigenvalue weighted by Crippen LogP contribution is -2.29. The third kappa shape index (κ3) is 3.19. The van der Waals surface area contributed by atoms with Crippen LogP contribution in [-0.4, -0.2) is 43.3 Å². The summed E-state index contributed by atoms with van der Waals surface area (Å²) in [5.41, 5.74) is 0. The summed E-state index contributed by atoms with van der Waals surface area (Å²) in [6.07, 6.45) is 7.45. The first-order valence-corrected chi connectivity index (χ1v) is 4.11. The second kappa shape index (κ2) is 4.54. The molecule has 0 atom stereocenters. The van der Waals surface area contributed by atoms with Gasteiger partial charge in [-0.1, -0.05) is 12.2 Å². The number of hydrogen-bond acceptors (Lipinski definition) is 3. The van der Waals surface area contributed by atoms with Gasteiger partial charge in [0, 0.05) is 26.8 Å². The Morgan fingerprint density at radius 3 is 2.85 bits per heavy atom. The summed E-state index contributed by atoms with van der Waals surface area (Å²) in [5.74, 6) is 0. The highest BCUT2D eigenvalue weighted by molar-refractivity contribution is 5.66. The number of hydrogen-bond donors (Lipinski definition) is 0. The summed E-state index contributed by atoms with van der Waals surface area (Å²) in [6, 6.07) is 0. The smallest absolute Gasteiger partial charge is 0.410 e. The van der Waals surface area contributed by atoms with E-state index in [1.165, 1.54) is 4.90 Å². The quantitative estimate of drug-likeness (QED) is 0.639. The van der Waals surface area contributed by atoms with Gasteiger partial charge in [0.25, 0.3) is 0 Å². The maximum Gasteiger partial charge on any atom is 0.410 e. The molecular formula is C9H14N2O2. The van der Waals surface area contributed by atoms with E-state index in [0.717, 1.165) is 6.54 Å². The van der Waals surface area contributed by atoms with Gasteiger partial charge in [0.2, 0.25) is 0 Å². The zero-order valence-corrected chi connectivity index (χ0v) is 7.93. The first kappa shape index (κ1) is 9.64. The van der Waals surface area contributed by atoms with E-state index in [2.05, 4.69) is 0 Å². The van der Waals surface area contributed by atoms with E-state index < -0.39 is 0 Å². The Balaban J connectivity index is 2.23. The Labute approximate surface area is 78.1 Å². The molecule has 0 saturated carbocycles. The summed E-state index contributed by atoms with van der Waals surface area (Å²) in [5, 5.41) is 0. The number of amides is 1. The van der Waals surface area contributed by atoms with Crippen molar-refractivity contribution in [3.8, 4) is 0 Å². The van der Waals surface area contributed by atoms with Crippen LogP contribution in [0.25, 0.3) is 0 Å². The van der Waals surface area contributed by atoms with Gasteiger partial charge in [-0.15, -0.1) is 0 Å². The molecule has 0 aromatic rings. The molecule has 72 valence electrons. The zero-order valence-electron chi connectivity index (χ0n) is 7.93. The minimum absolute atomic E-state index is 0.303. The fourth-order valence-corrected chi connectivity index (χ4v) is 0.870. The van der Waals surface area contributed by atoms with Crippen molar-refractivity contribution in [2.24, 2.45) is 0 Å². The van der Waals surface area contributed by atoms with Crippen LogP contribution in [0.15, 0.2) is 24.4 Å². The average Bonchev–Trinajstić information content (AvgIpc) is 2.15. The van der Waals surface area contributed by atoms with Gasteiger partial charge in [-0.2, -0.15) is 0 Å². The lowest BCUT2D eigenvalue weighted by Gasteiger charge is -2.21. The fraction of sp³-hybridized carbons (Fsp3) is 0.444. The molecule has 0 aromatic heterocycles. The van der Waals surface area contributed by atoms with E-state index in [-0.39, 0.29) is 6.09 Å². The molecule has 1 rings (SSSR count). The Morgan fingerprint density at radius 2 is 2.31 bits per heavy atom. The molecule has 0 saturated heterocycles. The molecular weight excluding hydrogens is 168 g/mol. The molecule has 1 amide bonds. The van der Waals surface area contributed by atoms with Crippen molar-refractivity contribution in [2.45, 2.75) is 0 Å². The lowest BCUT2D eigenvalue weighted by molar-refractivity contribution is 0.0764. The van der Waals surface area contributed by atoms with E-state index in [1.54, 1.807) is 14.1 Å². The van der Waals surface area contributed by atoms with E-state index in [1.807, 2.05) is 29.3 Å².